The highest BCUT2D eigenvalue weighted by Crippen LogP contribution is 2.19. The van der Waals surface area contributed by atoms with Gasteiger partial charge in [0.25, 0.3) is 0 Å². The van der Waals surface area contributed by atoms with Crippen molar-refractivity contribution >= 4 is 45.6 Å². The minimum Gasteiger partial charge on any atom is -0.480 e. The second kappa shape index (κ2) is 7.09. The first-order valence-electron chi connectivity index (χ1n) is 6.23. The lowest BCUT2D eigenvalue weighted by Crippen LogP contribution is -2.49. The summed E-state index contributed by atoms with van der Waals surface area (Å²) in [5, 5.41) is 9.13. The normalized spacial score (nSPS) is 19.0. The molecule has 0 spiro atoms. The van der Waals surface area contributed by atoms with Crippen LogP contribution >= 0.6 is 27.7 Å². The van der Waals surface area contributed by atoms with Crippen LogP contribution < -0.4 is 0 Å². The fraction of sp³-hybridized carbons (Fsp3) is 0.286. The van der Waals surface area contributed by atoms with Crippen LogP contribution in [0.25, 0.3) is 6.08 Å². The standard InChI is InChI=1S/C14H13BrFNO3S/c15-10-2-3-11(16)9(7-10)1-4-13(18)17-5-6-21-8-12(17)14(19)20/h1-4,7,12H,5-6,8H2,(H,19,20)/b4-1+. The second-order valence-electron chi connectivity index (χ2n) is 4.46. The van der Waals surface area contributed by atoms with Crippen molar-refractivity contribution in [3.8, 4) is 0 Å². The van der Waals surface area contributed by atoms with Crippen LogP contribution in [0.2, 0.25) is 0 Å². The van der Waals surface area contributed by atoms with Crippen LogP contribution in [-0.4, -0.2) is 46.0 Å². The molecule has 21 heavy (non-hydrogen) atoms. The van der Waals surface area contributed by atoms with E-state index in [1.165, 1.54) is 34.9 Å². The van der Waals surface area contributed by atoms with E-state index >= 15 is 0 Å². The van der Waals surface area contributed by atoms with Gasteiger partial charge in [-0.1, -0.05) is 15.9 Å². The van der Waals surface area contributed by atoms with E-state index in [1.54, 1.807) is 12.1 Å². The first kappa shape index (κ1) is 16.0. The summed E-state index contributed by atoms with van der Waals surface area (Å²) in [6.45, 7) is 0.381. The molecule has 1 atom stereocenters. The van der Waals surface area contributed by atoms with Gasteiger partial charge < -0.3 is 10.0 Å². The number of thioether (sulfide) groups is 1. The number of carboxylic acids is 1. The Morgan fingerprint density at radius 1 is 1.48 bits per heavy atom. The number of carbonyl (C=O) groups excluding carboxylic acids is 1. The van der Waals surface area contributed by atoms with E-state index in [0.717, 1.165) is 0 Å². The molecule has 1 aromatic rings. The van der Waals surface area contributed by atoms with Crippen LogP contribution in [0.1, 0.15) is 5.56 Å². The summed E-state index contributed by atoms with van der Waals surface area (Å²) in [4.78, 5) is 24.6. The molecule has 1 fully saturated rings. The SMILES string of the molecule is O=C(O)C1CSCCN1C(=O)/C=C/c1cc(Br)ccc1F. The maximum Gasteiger partial charge on any atom is 0.327 e. The molecule has 0 radical (unpaired) electrons. The third-order valence-electron chi connectivity index (χ3n) is 3.06. The molecule has 1 heterocycles. The number of aliphatic carboxylic acids is 1. The summed E-state index contributed by atoms with van der Waals surface area (Å²) >= 11 is 4.74. The fourth-order valence-electron chi connectivity index (χ4n) is 1.97. The average molecular weight is 374 g/mol. The molecule has 0 saturated carbocycles. The molecule has 1 aliphatic rings. The smallest absolute Gasteiger partial charge is 0.327 e. The summed E-state index contributed by atoms with van der Waals surface area (Å²) in [5.41, 5.74) is 0.274. The molecular weight excluding hydrogens is 361 g/mol. The predicted octanol–water partition coefficient (Wildman–Crippen LogP) is 2.63. The Morgan fingerprint density at radius 2 is 2.24 bits per heavy atom. The molecule has 2 rings (SSSR count). The summed E-state index contributed by atoms with van der Waals surface area (Å²) < 4.78 is 14.3. The quantitative estimate of drug-likeness (QED) is 0.827. The van der Waals surface area contributed by atoms with E-state index in [0.29, 0.717) is 22.5 Å². The average Bonchev–Trinajstić information content (AvgIpc) is 2.47. The number of halogens is 2. The van der Waals surface area contributed by atoms with Crippen molar-refractivity contribution in [3.63, 3.8) is 0 Å². The molecule has 1 N–H and O–H groups in total. The van der Waals surface area contributed by atoms with Crippen molar-refractivity contribution in [3.05, 3.63) is 40.1 Å². The molecule has 112 valence electrons. The third-order valence-corrected chi connectivity index (χ3v) is 4.58. The predicted molar refractivity (Wildman–Crippen MR) is 83.6 cm³/mol. The Kier molecular flexibility index (Phi) is 5.41. The summed E-state index contributed by atoms with van der Waals surface area (Å²) in [5.74, 6) is -0.791. The van der Waals surface area contributed by atoms with Crippen molar-refractivity contribution in [2.75, 3.05) is 18.1 Å². The molecular formula is C14H13BrFNO3S. The van der Waals surface area contributed by atoms with Gasteiger partial charge >= 0.3 is 5.97 Å². The van der Waals surface area contributed by atoms with E-state index < -0.39 is 23.7 Å². The van der Waals surface area contributed by atoms with Crippen molar-refractivity contribution < 1.29 is 19.1 Å². The first-order chi connectivity index (χ1) is 9.99. The minimum atomic E-state index is -1.02. The Labute approximate surface area is 134 Å². The van der Waals surface area contributed by atoms with E-state index in [-0.39, 0.29) is 5.56 Å². The van der Waals surface area contributed by atoms with Crippen LogP contribution in [0.15, 0.2) is 28.7 Å². The first-order valence-corrected chi connectivity index (χ1v) is 8.18. The monoisotopic (exact) mass is 373 g/mol. The number of carboxylic acid groups (broad SMARTS) is 1. The molecule has 7 heteroatoms. The van der Waals surface area contributed by atoms with Gasteiger partial charge in [-0.15, -0.1) is 0 Å². The number of carbonyl (C=O) groups is 2. The van der Waals surface area contributed by atoms with Gasteiger partial charge in [-0.25, -0.2) is 9.18 Å². The van der Waals surface area contributed by atoms with Gasteiger partial charge in [0.2, 0.25) is 5.91 Å². The molecule has 1 amide bonds. The van der Waals surface area contributed by atoms with Gasteiger partial charge in [-0.3, -0.25) is 4.79 Å². The Balaban J connectivity index is 2.14. The van der Waals surface area contributed by atoms with Gasteiger partial charge in [0.05, 0.1) is 0 Å². The minimum absolute atomic E-state index is 0.274. The molecule has 1 saturated heterocycles. The van der Waals surface area contributed by atoms with Gasteiger partial charge in [-0.2, -0.15) is 11.8 Å². The lowest BCUT2D eigenvalue weighted by Gasteiger charge is -2.31. The second-order valence-corrected chi connectivity index (χ2v) is 6.53. The Bertz CT molecular complexity index is 594. The van der Waals surface area contributed by atoms with E-state index in [2.05, 4.69) is 15.9 Å². The van der Waals surface area contributed by atoms with Crippen molar-refractivity contribution in [2.45, 2.75) is 6.04 Å². The van der Waals surface area contributed by atoms with E-state index in [4.69, 9.17) is 5.11 Å². The van der Waals surface area contributed by atoms with Crippen LogP contribution in [0.5, 0.6) is 0 Å². The number of hydrogen-bond donors (Lipinski definition) is 1. The van der Waals surface area contributed by atoms with Crippen molar-refractivity contribution in [2.24, 2.45) is 0 Å². The summed E-state index contributed by atoms with van der Waals surface area (Å²) in [6.07, 6.45) is 2.58. The van der Waals surface area contributed by atoms with Crippen LogP contribution in [0.4, 0.5) is 4.39 Å². The zero-order chi connectivity index (χ0) is 15.4. The van der Waals surface area contributed by atoms with Crippen LogP contribution in [0.3, 0.4) is 0 Å². The number of amides is 1. The molecule has 1 unspecified atom stereocenters. The van der Waals surface area contributed by atoms with Crippen LogP contribution in [-0.2, 0) is 9.59 Å². The number of hydrogen-bond acceptors (Lipinski definition) is 3. The van der Waals surface area contributed by atoms with Gasteiger partial charge in [0.1, 0.15) is 11.9 Å². The molecule has 1 aromatic carbocycles. The Morgan fingerprint density at radius 3 is 2.95 bits per heavy atom. The van der Waals surface area contributed by atoms with Crippen molar-refractivity contribution in [1.29, 1.82) is 0 Å². The molecule has 1 aliphatic heterocycles. The maximum atomic E-state index is 13.6. The summed E-state index contributed by atoms with van der Waals surface area (Å²) in [6, 6.07) is 3.59. The number of rotatable bonds is 3. The van der Waals surface area contributed by atoms with E-state index in [1.807, 2.05) is 0 Å². The van der Waals surface area contributed by atoms with E-state index in [9.17, 15) is 14.0 Å². The lowest BCUT2D eigenvalue weighted by atomic mass is 10.2. The largest absolute Gasteiger partial charge is 0.480 e. The highest BCUT2D eigenvalue weighted by Gasteiger charge is 2.31. The van der Waals surface area contributed by atoms with Crippen molar-refractivity contribution in [1.82, 2.24) is 4.90 Å². The van der Waals surface area contributed by atoms with Gasteiger partial charge in [0.15, 0.2) is 0 Å². The topological polar surface area (TPSA) is 57.6 Å². The molecule has 0 aromatic heterocycles. The highest BCUT2D eigenvalue weighted by molar-refractivity contribution is 9.10. The zero-order valence-corrected chi connectivity index (χ0v) is 13.4. The zero-order valence-electron chi connectivity index (χ0n) is 11.0. The number of nitrogens with zero attached hydrogens (tertiary/aromatic N) is 1. The Hall–Kier alpha value is -1.34. The lowest BCUT2D eigenvalue weighted by molar-refractivity contribution is -0.147. The third kappa shape index (κ3) is 4.07. The fourth-order valence-corrected chi connectivity index (χ4v) is 3.39. The van der Waals surface area contributed by atoms with Gasteiger partial charge in [-0.05, 0) is 24.3 Å². The molecule has 0 bridgehead atoms. The molecule has 0 aliphatic carbocycles. The summed E-state index contributed by atoms with van der Waals surface area (Å²) in [7, 11) is 0. The molecule has 4 nitrogen and oxygen atoms in total. The number of benzene rings is 1. The maximum absolute atomic E-state index is 13.6. The van der Waals surface area contributed by atoms with Crippen LogP contribution in [0, 0.1) is 5.82 Å². The highest BCUT2D eigenvalue weighted by atomic mass is 79.9. The van der Waals surface area contributed by atoms with Gasteiger partial charge in [0, 0.05) is 34.2 Å².